The van der Waals surface area contributed by atoms with Gasteiger partial charge in [0.05, 0.1) is 24.4 Å². The molecule has 1 fully saturated rings. The highest BCUT2D eigenvalue weighted by atomic mass is 16.5. The zero-order valence-corrected chi connectivity index (χ0v) is 13.5. The quantitative estimate of drug-likeness (QED) is 0.869. The van der Waals surface area contributed by atoms with Crippen LogP contribution in [-0.4, -0.2) is 46.7 Å². The Morgan fingerprint density at radius 1 is 1.48 bits per heavy atom. The number of aliphatic carboxylic acids is 1. The first-order valence-electron chi connectivity index (χ1n) is 7.83. The van der Waals surface area contributed by atoms with Gasteiger partial charge in [-0.1, -0.05) is 13.8 Å². The molecule has 0 spiro atoms. The van der Waals surface area contributed by atoms with E-state index in [1.165, 1.54) is 11.1 Å². The largest absolute Gasteiger partial charge is 0.481 e. The fourth-order valence-electron chi connectivity index (χ4n) is 2.36. The van der Waals surface area contributed by atoms with Crippen molar-refractivity contribution < 1.29 is 19.4 Å². The molecule has 0 saturated carbocycles. The van der Waals surface area contributed by atoms with Gasteiger partial charge in [0, 0.05) is 19.2 Å². The molecule has 1 aliphatic heterocycles. The Kier molecular flexibility index (Phi) is 5.78. The first-order valence-corrected chi connectivity index (χ1v) is 7.83. The van der Waals surface area contributed by atoms with Gasteiger partial charge in [0.15, 0.2) is 0 Å². The topological polar surface area (TPSA) is 91.8 Å². The highest BCUT2D eigenvalue weighted by Gasteiger charge is 2.28. The third kappa shape index (κ3) is 5.12. The number of hydrogen-bond acceptors (Lipinski definition) is 4. The molecule has 0 aromatic carbocycles. The SMILES string of the molecule is CC(C)COc1ccc(NC(=O)N2CCCC(C(=O)O)C2)cn1. The van der Waals surface area contributed by atoms with Crippen LogP contribution in [0.3, 0.4) is 0 Å². The van der Waals surface area contributed by atoms with Gasteiger partial charge in [0.25, 0.3) is 0 Å². The second-order valence-corrected chi connectivity index (χ2v) is 6.14. The van der Waals surface area contributed by atoms with E-state index < -0.39 is 11.9 Å². The minimum absolute atomic E-state index is 0.240. The first-order chi connectivity index (χ1) is 11.0. The lowest BCUT2D eigenvalue weighted by molar-refractivity contribution is -0.143. The molecule has 23 heavy (non-hydrogen) atoms. The van der Waals surface area contributed by atoms with E-state index in [9.17, 15) is 9.59 Å². The first kappa shape index (κ1) is 17.1. The Hall–Kier alpha value is -2.31. The van der Waals surface area contributed by atoms with Gasteiger partial charge in [-0.3, -0.25) is 4.79 Å². The van der Waals surface area contributed by atoms with E-state index in [2.05, 4.69) is 24.1 Å². The summed E-state index contributed by atoms with van der Waals surface area (Å²) in [6.07, 6.45) is 2.85. The van der Waals surface area contributed by atoms with Gasteiger partial charge in [-0.25, -0.2) is 9.78 Å². The Morgan fingerprint density at radius 3 is 2.87 bits per heavy atom. The average Bonchev–Trinajstić information content (AvgIpc) is 2.54. The minimum Gasteiger partial charge on any atom is -0.481 e. The summed E-state index contributed by atoms with van der Waals surface area (Å²) in [6.45, 7) is 5.50. The standard InChI is InChI=1S/C16H23N3O4/c1-11(2)10-23-14-6-5-13(8-17-14)18-16(22)19-7-3-4-12(9-19)15(20)21/h5-6,8,11-12H,3-4,7,9-10H2,1-2H3,(H,18,22)(H,20,21). The van der Waals surface area contributed by atoms with Crippen LogP contribution in [0, 0.1) is 11.8 Å². The van der Waals surface area contributed by atoms with Crippen LogP contribution >= 0.6 is 0 Å². The van der Waals surface area contributed by atoms with Crippen molar-refractivity contribution in [2.45, 2.75) is 26.7 Å². The van der Waals surface area contributed by atoms with Crippen molar-refractivity contribution in [1.82, 2.24) is 9.88 Å². The lowest BCUT2D eigenvalue weighted by atomic mass is 9.99. The van der Waals surface area contributed by atoms with Crippen molar-refractivity contribution in [2.24, 2.45) is 11.8 Å². The Morgan fingerprint density at radius 2 is 2.26 bits per heavy atom. The molecule has 2 rings (SSSR count). The maximum Gasteiger partial charge on any atom is 0.321 e. The molecular weight excluding hydrogens is 298 g/mol. The fourth-order valence-corrected chi connectivity index (χ4v) is 2.36. The number of carboxylic acids is 1. The van der Waals surface area contributed by atoms with Crippen molar-refractivity contribution in [3.05, 3.63) is 18.3 Å². The molecule has 1 aromatic heterocycles. The predicted octanol–water partition coefficient (Wildman–Crippen LogP) is 2.44. The third-order valence-electron chi connectivity index (χ3n) is 3.61. The fraction of sp³-hybridized carbons (Fsp3) is 0.562. The van der Waals surface area contributed by atoms with Crippen LogP contribution in [0.1, 0.15) is 26.7 Å². The number of urea groups is 1. The number of carboxylic acid groups (broad SMARTS) is 1. The summed E-state index contributed by atoms with van der Waals surface area (Å²) in [5.41, 5.74) is 0.560. The summed E-state index contributed by atoms with van der Waals surface area (Å²) in [7, 11) is 0. The number of pyridine rings is 1. The van der Waals surface area contributed by atoms with Gasteiger partial charge < -0.3 is 20.1 Å². The van der Waals surface area contributed by atoms with Crippen molar-refractivity contribution in [1.29, 1.82) is 0 Å². The molecule has 7 nitrogen and oxygen atoms in total. The Bertz CT molecular complexity index is 545. The van der Waals surface area contributed by atoms with Gasteiger partial charge in [-0.15, -0.1) is 0 Å². The number of likely N-dealkylation sites (tertiary alicyclic amines) is 1. The molecule has 0 radical (unpaired) electrons. The van der Waals surface area contributed by atoms with E-state index in [4.69, 9.17) is 9.84 Å². The van der Waals surface area contributed by atoms with Crippen molar-refractivity contribution in [3.8, 4) is 5.88 Å². The molecule has 0 bridgehead atoms. The minimum atomic E-state index is -0.851. The number of anilines is 1. The number of carbonyl (C=O) groups is 2. The van der Waals surface area contributed by atoms with Crippen molar-refractivity contribution in [3.63, 3.8) is 0 Å². The van der Waals surface area contributed by atoms with Gasteiger partial charge in [-0.05, 0) is 24.8 Å². The van der Waals surface area contributed by atoms with Crippen molar-refractivity contribution >= 4 is 17.7 Å². The maximum absolute atomic E-state index is 12.2. The zero-order valence-electron chi connectivity index (χ0n) is 13.5. The third-order valence-corrected chi connectivity index (χ3v) is 3.61. The second kappa shape index (κ2) is 7.80. The van der Waals surface area contributed by atoms with E-state index in [-0.39, 0.29) is 12.6 Å². The van der Waals surface area contributed by atoms with Crippen LogP contribution in [0.4, 0.5) is 10.5 Å². The number of aromatic nitrogens is 1. The molecule has 1 atom stereocenters. The number of piperidine rings is 1. The number of ether oxygens (including phenoxy) is 1. The molecule has 0 aliphatic carbocycles. The van der Waals surface area contributed by atoms with Crippen LogP contribution in [-0.2, 0) is 4.79 Å². The number of nitrogens with one attached hydrogen (secondary N) is 1. The van der Waals surface area contributed by atoms with Crippen LogP contribution < -0.4 is 10.1 Å². The maximum atomic E-state index is 12.2. The number of amides is 2. The molecule has 126 valence electrons. The van der Waals surface area contributed by atoms with E-state index in [1.54, 1.807) is 12.1 Å². The second-order valence-electron chi connectivity index (χ2n) is 6.14. The number of nitrogens with zero attached hydrogens (tertiary/aromatic N) is 2. The molecule has 2 N–H and O–H groups in total. The van der Waals surface area contributed by atoms with Gasteiger partial charge >= 0.3 is 12.0 Å². The van der Waals surface area contributed by atoms with E-state index in [0.29, 0.717) is 43.5 Å². The van der Waals surface area contributed by atoms with Crippen LogP contribution in [0.2, 0.25) is 0 Å². The molecule has 7 heteroatoms. The van der Waals surface area contributed by atoms with Gasteiger partial charge in [0.1, 0.15) is 0 Å². The summed E-state index contributed by atoms with van der Waals surface area (Å²) in [4.78, 5) is 28.9. The molecule has 1 unspecified atom stereocenters. The lowest BCUT2D eigenvalue weighted by Gasteiger charge is -2.30. The van der Waals surface area contributed by atoms with Crippen LogP contribution in [0.5, 0.6) is 5.88 Å². The van der Waals surface area contributed by atoms with E-state index in [0.717, 1.165) is 0 Å². The smallest absolute Gasteiger partial charge is 0.321 e. The summed E-state index contributed by atoms with van der Waals surface area (Å²) in [5.74, 6) is -0.409. The average molecular weight is 321 g/mol. The predicted molar refractivity (Wildman–Crippen MR) is 85.5 cm³/mol. The molecule has 1 aliphatic rings. The lowest BCUT2D eigenvalue weighted by Crippen LogP contribution is -2.44. The zero-order chi connectivity index (χ0) is 16.8. The number of rotatable bonds is 5. The number of hydrogen-bond donors (Lipinski definition) is 2. The highest BCUT2D eigenvalue weighted by Crippen LogP contribution is 2.18. The highest BCUT2D eigenvalue weighted by molar-refractivity contribution is 5.89. The Labute approximate surface area is 135 Å². The molecule has 1 aromatic rings. The van der Waals surface area contributed by atoms with Crippen molar-refractivity contribution in [2.75, 3.05) is 25.0 Å². The Balaban J connectivity index is 1.88. The van der Waals surface area contributed by atoms with Gasteiger partial charge in [0.2, 0.25) is 5.88 Å². The summed E-state index contributed by atoms with van der Waals surface area (Å²) >= 11 is 0. The molecule has 1 saturated heterocycles. The summed E-state index contributed by atoms with van der Waals surface area (Å²) in [5, 5.41) is 11.8. The van der Waals surface area contributed by atoms with E-state index in [1.807, 2.05) is 0 Å². The monoisotopic (exact) mass is 321 g/mol. The van der Waals surface area contributed by atoms with Crippen LogP contribution in [0.15, 0.2) is 18.3 Å². The number of carbonyl (C=O) groups excluding carboxylic acids is 1. The summed E-state index contributed by atoms with van der Waals surface area (Å²) < 4.78 is 5.48. The normalized spacial score (nSPS) is 17.9. The van der Waals surface area contributed by atoms with Gasteiger partial charge in [-0.2, -0.15) is 0 Å². The van der Waals surface area contributed by atoms with E-state index >= 15 is 0 Å². The molecule has 2 heterocycles. The van der Waals surface area contributed by atoms with Crippen LogP contribution in [0.25, 0.3) is 0 Å². The summed E-state index contributed by atoms with van der Waals surface area (Å²) in [6, 6.07) is 3.13. The molecular formula is C16H23N3O4. The molecule has 2 amide bonds.